The van der Waals surface area contributed by atoms with Crippen molar-refractivity contribution in [1.29, 1.82) is 0 Å². The quantitative estimate of drug-likeness (QED) is 0.677. The van der Waals surface area contributed by atoms with Crippen molar-refractivity contribution in [2.75, 3.05) is 13.7 Å². The number of amides is 2. The summed E-state index contributed by atoms with van der Waals surface area (Å²) in [6.07, 6.45) is 5.52. The molecule has 2 amide bonds. The molecule has 2 aromatic carbocycles. The normalized spacial score (nSPS) is 18.8. The number of nitrogens with one attached hydrogen (secondary N) is 1. The topological polar surface area (TPSA) is 67.9 Å². The van der Waals surface area contributed by atoms with Crippen molar-refractivity contribution in [1.82, 2.24) is 10.2 Å². The van der Waals surface area contributed by atoms with Crippen molar-refractivity contribution in [3.8, 4) is 11.5 Å². The Balaban J connectivity index is 1.51. The average Bonchev–Trinajstić information content (AvgIpc) is 3.00. The number of rotatable bonds is 8. The van der Waals surface area contributed by atoms with Crippen molar-refractivity contribution in [2.24, 2.45) is 5.92 Å². The third kappa shape index (κ3) is 5.23. The van der Waals surface area contributed by atoms with Crippen LogP contribution < -0.4 is 14.8 Å². The van der Waals surface area contributed by atoms with Gasteiger partial charge in [0.05, 0.1) is 7.11 Å². The van der Waals surface area contributed by atoms with Crippen LogP contribution in [0.4, 0.5) is 0 Å². The summed E-state index contributed by atoms with van der Waals surface area (Å²) in [7, 11) is 1.62. The fourth-order valence-corrected chi connectivity index (χ4v) is 4.31. The SMILES string of the molecule is COc1cc(CN(C(=O)C2CCC2)C2CCCCNC2=O)ccc1OCc1ccccc1. The van der Waals surface area contributed by atoms with Gasteiger partial charge in [0, 0.05) is 19.0 Å². The Morgan fingerprint density at radius 2 is 1.81 bits per heavy atom. The summed E-state index contributed by atoms with van der Waals surface area (Å²) in [5.74, 6) is 1.39. The molecule has 1 unspecified atom stereocenters. The average molecular weight is 437 g/mol. The Morgan fingerprint density at radius 3 is 2.53 bits per heavy atom. The second kappa shape index (κ2) is 10.5. The van der Waals surface area contributed by atoms with Crippen molar-refractivity contribution in [3.63, 3.8) is 0 Å². The van der Waals surface area contributed by atoms with E-state index in [1.54, 1.807) is 12.0 Å². The molecular weight excluding hydrogens is 404 g/mol. The highest BCUT2D eigenvalue weighted by Crippen LogP contribution is 2.33. The summed E-state index contributed by atoms with van der Waals surface area (Å²) >= 11 is 0. The van der Waals surface area contributed by atoms with Crippen LogP contribution in [0, 0.1) is 5.92 Å². The number of carbonyl (C=O) groups is 2. The van der Waals surface area contributed by atoms with E-state index in [0.717, 1.165) is 43.2 Å². The van der Waals surface area contributed by atoms with Crippen LogP contribution >= 0.6 is 0 Å². The van der Waals surface area contributed by atoms with Gasteiger partial charge in [-0.2, -0.15) is 0 Å². The summed E-state index contributed by atoms with van der Waals surface area (Å²) < 4.78 is 11.5. The highest BCUT2D eigenvalue weighted by Gasteiger charge is 2.36. The first-order valence-corrected chi connectivity index (χ1v) is 11.6. The number of methoxy groups -OCH3 is 1. The standard InChI is InChI=1S/C26H32N2O4/c1-31-24-16-20(13-14-23(24)32-18-19-8-3-2-4-9-19)17-28(26(30)21-10-7-11-21)22-12-5-6-15-27-25(22)29/h2-4,8-9,13-14,16,21-22H,5-7,10-12,15,17-18H2,1H3,(H,27,29). The van der Waals surface area contributed by atoms with E-state index in [1.165, 1.54) is 0 Å². The predicted molar refractivity (Wildman–Crippen MR) is 122 cm³/mol. The molecule has 1 saturated heterocycles. The maximum atomic E-state index is 13.3. The summed E-state index contributed by atoms with van der Waals surface area (Å²) in [6, 6.07) is 15.3. The van der Waals surface area contributed by atoms with Gasteiger partial charge >= 0.3 is 0 Å². The summed E-state index contributed by atoms with van der Waals surface area (Å²) in [4.78, 5) is 27.8. The molecule has 0 bridgehead atoms. The molecule has 1 atom stereocenters. The van der Waals surface area contributed by atoms with Crippen molar-refractivity contribution < 1.29 is 19.1 Å². The lowest BCUT2D eigenvalue weighted by Gasteiger charge is -2.36. The fraction of sp³-hybridized carbons (Fsp3) is 0.462. The first kappa shape index (κ1) is 22.2. The molecule has 1 saturated carbocycles. The Bertz CT molecular complexity index is 927. The van der Waals surface area contributed by atoms with Gasteiger partial charge in [-0.15, -0.1) is 0 Å². The van der Waals surface area contributed by atoms with Gasteiger partial charge in [0.1, 0.15) is 12.6 Å². The number of hydrogen-bond acceptors (Lipinski definition) is 4. The Hall–Kier alpha value is -3.02. The molecule has 0 radical (unpaired) electrons. The van der Waals surface area contributed by atoms with Gasteiger partial charge in [0.15, 0.2) is 11.5 Å². The van der Waals surface area contributed by atoms with E-state index < -0.39 is 6.04 Å². The Labute approximate surface area is 189 Å². The lowest BCUT2D eigenvalue weighted by Crippen LogP contribution is -2.51. The maximum absolute atomic E-state index is 13.3. The van der Waals surface area contributed by atoms with E-state index >= 15 is 0 Å². The van der Waals surface area contributed by atoms with Gasteiger partial charge in [0.25, 0.3) is 0 Å². The van der Waals surface area contributed by atoms with E-state index in [2.05, 4.69) is 5.32 Å². The van der Waals surface area contributed by atoms with E-state index in [0.29, 0.717) is 37.6 Å². The lowest BCUT2D eigenvalue weighted by atomic mass is 9.83. The number of nitrogens with zero attached hydrogens (tertiary/aromatic N) is 1. The smallest absolute Gasteiger partial charge is 0.242 e. The molecule has 4 rings (SSSR count). The summed E-state index contributed by atoms with van der Waals surface area (Å²) in [6.45, 7) is 1.52. The van der Waals surface area contributed by atoms with Gasteiger partial charge in [-0.25, -0.2) is 0 Å². The fourth-order valence-electron chi connectivity index (χ4n) is 4.31. The monoisotopic (exact) mass is 436 g/mol. The zero-order valence-electron chi connectivity index (χ0n) is 18.7. The highest BCUT2D eigenvalue weighted by molar-refractivity contribution is 5.89. The van der Waals surface area contributed by atoms with Gasteiger partial charge in [-0.1, -0.05) is 42.8 Å². The number of carbonyl (C=O) groups excluding carboxylic acids is 2. The molecule has 2 aliphatic rings. The van der Waals surface area contributed by atoms with Crippen LogP contribution in [0.1, 0.15) is 49.7 Å². The van der Waals surface area contributed by atoms with Crippen molar-refractivity contribution in [2.45, 2.75) is 57.7 Å². The molecule has 170 valence electrons. The van der Waals surface area contributed by atoms with Crippen LogP contribution in [-0.2, 0) is 22.7 Å². The molecule has 2 fully saturated rings. The predicted octanol–water partition coefficient (Wildman–Crippen LogP) is 4.07. The van der Waals surface area contributed by atoms with Crippen molar-refractivity contribution >= 4 is 11.8 Å². The zero-order chi connectivity index (χ0) is 22.3. The molecular formula is C26H32N2O4. The van der Waals surface area contributed by atoms with Crippen LogP contribution in [0.3, 0.4) is 0 Å². The Morgan fingerprint density at radius 1 is 1.00 bits per heavy atom. The molecule has 1 heterocycles. The van der Waals surface area contributed by atoms with Crippen LogP contribution in [0.25, 0.3) is 0 Å². The van der Waals surface area contributed by atoms with Gasteiger partial charge in [0.2, 0.25) is 11.8 Å². The first-order chi connectivity index (χ1) is 15.7. The lowest BCUT2D eigenvalue weighted by molar-refractivity contribution is -0.146. The van der Waals surface area contributed by atoms with Crippen LogP contribution in [-0.4, -0.2) is 36.4 Å². The minimum absolute atomic E-state index is 0.0371. The third-order valence-corrected chi connectivity index (χ3v) is 6.44. The number of benzene rings is 2. The van der Waals surface area contributed by atoms with Gasteiger partial charge < -0.3 is 19.7 Å². The molecule has 6 nitrogen and oxygen atoms in total. The van der Waals surface area contributed by atoms with Gasteiger partial charge in [-0.3, -0.25) is 9.59 Å². The summed E-state index contributed by atoms with van der Waals surface area (Å²) in [5.41, 5.74) is 2.01. The molecule has 0 spiro atoms. The van der Waals surface area contributed by atoms with E-state index in [9.17, 15) is 9.59 Å². The molecule has 1 aliphatic carbocycles. The number of ether oxygens (including phenoxy) is 2. The number of hydrogen-bond donors (Lipinski definition) is 1. The second-order valence-corrected chi connectivity index (χ2v) is 8.66. The molecule has 6 heteroatoms. The van der Waals surface area contributed by atoms with Gasteiger partial charge in [-0.05, 0) is 55.4 Å². The molecule has 2 aromatic rings. The highest BCUT2D eigenvalue weighted by atomic mass is 16.5. The zero-order valence-corrected chi connectivity index (χ0v) is 18.7. The van der Waals surface area contributed by atoms with E-state index in [-0.39, 0.29) is 17.7 Å². The van der Waals surface area contributed by atoms with Crippen LogP contribution in [0.2, 0.25) is 0 Å². The molecule has 32 heavy (non-hydrogen) atoms. The Kier molecular flexibility index (Phi) is 7.30. The van der Waals surface area contributed by atoms with Crippen LogP contribution in [0.15, 0.2) is 48.5 Å². The maximum Gasteiger partial charge on any atom is 0.242 e. The van der Waals surface area contributed by atoms with Crippen LogP contribution in [0.5, 0.6) is 11.5 Å². The minimum Gasteiger partial charge on any atom is -0.493 e. The molecule has 1 aliphatic heterocycles. The summed E-state index contributed by atoms with van der Waals surface area (Å²) in [5, 5.41) is 2.98. The third-order valence-electron chi connectivity index (χ3n) is 6.44. The van der Waals surface area contributed by atoms with E-state index in [1.807, 2.05) is 48.5 Å². The van der Waals surface area contributed by atoms with Crippen molar-refractivity contribution in [3.05, 3.63) is 59.7 Å². The molecule has 0 aromatic heterocycles. The largest absolute Gasteiger partial charge is 0.493 e. The molecule has 1 N–H and O–H groups in total. The second-order valence-electron chi connectivity index (χ2n) is 8.66. The first-order valence-electron chi connectivity index (χ1n) is 11.6. The van der Waals surface area contributed by atoms with E-state index in [4.69, 9.17) is 9.47 Å². The minimum atomic E-state index is -0.411.